The predicted octanol–water partition coefficient (Wildman–Crippen LogP) is 4.58. The fraction of sp³-hybridized carbons (Fsp3) is 0.682. The third-order valence-electron chi connectivity index (χ3n) is 6.77. The lowest BCUT2D eigenvalue weighted by Crippen LogP contribution is -2.43. The molecule has 1 unspecified atom stereocenters. The minimum absolute atomic E-state index is 0.0814. The van der Waals surface area contributed by atoms with E-state index < -0.39 is 13.6 Å². The Morgan fingerprint density at radius 2 is 1.53 bits per heavy atom. The Morgan fingerprint density at radius 1 is 1.03 bits per heavy atom. The molecule has 1 aromatic carbocycles. The molecule has 2 heterocycles. The lowest BCUT2D eigenvalue weighted by Gasteiger charge is -2.37. The van der Waals surface area contributed by atoms with Gasteiger partial charge in [0, 0.05) is 24.2 Å². The van der Waals surface area contributed by atoms with Crippen molar-refractivity contribution in [3.05, 3.63) is 35.6 Å². The van der Waals surface area contributed by atoms with Crippen molar-refractivity contribution in [1.82, 2.24) is 14.0 Å². The van der Waals surface area contributed by atoms with E-state index in [-0.39, 0.29) is 42.0 Å². The SMILES string of the molecule is COC(=O)[C@@H]1[C@H](c2ccc(F)cc2)N1P1(=O)N(C(C)C)[C@@H]2CCCC[C@H]2N1C(C)C. The van der Waals surface area contributed by atoms with Crippen LogP contribution in [0.1, 0.15) is 65.0 Å². The maximum atomic E-state index is 15.1. The van der Waals surface area contributed by atoms with Gasteiger partial charge in [0.25, 0.3) is 7.59 Å². The molecule has 3 fully saturated rings. The minimum atomic E-state index is -3.22. The van der Waals surface area contributed by atoms with E-state index in [2.05, 4.69) is 37.0 Å². The zero-order valence-electron chi connectivity index (χ0n) is 18.5. The summed E-state index contributed by atoms with van der Waals surface area (Å²) in [6.45, 7) is 8.36. The van der Waals surface area contributed by atoms with Crippen LogP contribution in [-0.2, 0) is 14.1 Å². The quantitative estimate of drug-likeness (QED) is 0.382. The first-order chi connectivity index (χ1) is 14.2. The van der Waals surface area contributed by atoms with Crippen LogP contribution in [0.15, 0.2) is 24.3 Å². The highest BCUT2D eigenvalue weighted by Crippen LogP contribution is 2.75. The third-order valence-corrected chi connectivity index (χ3v) is 10.6. The van der Waals surface area contributed by atoms with E-state index in [1.54, 1.807) is 12.1 Å². The third kappa shape index (κ3) is 3.26. The largest absolute Gasteiger partial charge is 0.468 e. The van der Waals surface area contributed by atoms with E-state index in [1.807, 2.05) is 4.67 Å². The van der Waals surface area contributed by atoms with Crippen molar-refractivity contribution in [2.75, 3.05) is 7.11 Å². The molecule has 2 aliphatic heterocycles. The highest BCUT2D eigenvalue weighted by molar-refractivity contribution is 7.57. The number of methoxy groups -OCH3 is 1. The summed E-state index contributed by atoms with van der Waals surface area (Å²) in [6.07, 6.45) is 4.32. The van der Waals surface area contributed by atoms with Crippen molar-refractivity contribution in [3.8, 4) is 0 Å². The van der Waals surface area contributed by atoms with Crippen molar-refractivity contribution in [3.63, 3.8) is 0 Å². The number of halogens is 1. The first kappa shape index (κ1) is 21.9. The van der Waals surface area contributed by atoms with Crippen molar-refractivity contribution in [1.29, 1.82) is 0 Å². The Kier molecular flexibility index (Phi) is 5.86. The van der Waals surface area contributed by atoms with Crippen molar-refractivity contribution in [2.45, 2.75) is 89.6 Å². The molecule has 1 aliphatic carbocycles. The number of fused-ring (bicyclic) bond motifs is 1. The predicted molar refractivity (Wildman–Crippen MR) is 114 cm³/mol. The van der Waals surface area contributed by atoms with Gasteiger partial charge < -0.3 is 4.74 Å². The molecule has 30 heavy (non-hydrogen) atoms. The molecule has 1 aromatic rings. The number of ether oxygens (including phenoxy) is 1. The molecule has 0 radical (unpaired) electrons. The number of hydrogen-bond acceptors (Lipinski definition) is 3. The molecule has 0 N–H and O–H groups in total. The average molecular weight is 437 g/mol. The van der Waals surface area contributed by atoms with Gasteiger partial charge in [-0.1, -0.05) is 25.0 Å². The van der Waals surface area contributed by atoms with Crippen LogP contribution in [0.4, 0.5) is 4.39 Å². The molecule has 0 aromatic heterocycles. The fourth-order valence-electron chi connectivity index (χ4n) is 5.72. The molecule has 1 saturated carbocycles. The zero-order chi connectivity index (χ0) is 21.8. The van der Waals surface area contributed by atoms with Gasteiger partial charge >= 0.3 is 5.97 Å². The van der Waals surface area contributed by atoms with E-state index in [0.29, 0.717) is 0 Å². The summed E-state index contributed by atoms with van der Waals surface area (Å²) in [5.41, 5.74) is 0.796. The molecular formula is C22H33FN3O3P. The van der Waals surface area contributed by atoms with E-state index in [0.717, 1.165) is 31.2 Å². The summed E-state index contributed by atoms with van der Waals surface area (Å²) in [6, 6.07) is 5.78. The normalized spacial score (nSPS) is 33.7. The number of carbonyl (C=O) groups is 1. The topological polar surface area (TPSA) is 52.9 Å². The molecule has 166 valence electrons. The molecule has 0 amide bonds. The molecule has 6 nitrogen and oxygen atoms in total. The van der Waals surface area contributed by atoms with Crippen LogP contribution in [0.5, 0.6) is 0 Å². The van der Waals surface area contributed by atoms with Gasteiger partial charge in [0.2, 0.25) is 0 Å². The van der Waals surface area contributed by atoms with Crippen LogP contribution in [0.25, 0.3) is 0 Å². The average Bonchev–Trinajstić information content (AvgIpc) is 3.39. The second kappa shape index (κ2) is 8.01. The summed E-state index contributed by atoms with van der Waals surface area (Å²) in [7, 11) is -1.85. The molecule has 8 heteroatoms. The number of rotatable bonds is 5. The van der Waals surface area contributed by atoms with Crippen LogP contribution in [0.2, 0.25) is 0 Å². The number of esters is 1. The highest BCUT2D eigenvalue weighted by atomic mass is 31.2. The summed E-state index contributed by atoms with van der Waals surface area (Å²) in [5.74, 6) is -0.714. The van der Waals surface area contributed by atoms with E-state index >= 15 is 4.57 Å². The molecule has 3 aliphatic rings. The smallest absolute Gasteiger partial charge is 0.325 e. The number of carbonyl (C=O) groups excluding carboxylic acids is 1. The van der Waals surface area contributed by atoms with Crippen LogP contribution >= 0.6 is 7.59 Å². The number of nitrogens with zero attached hydrogens (tertiary/aromatic N) is 3. The van der Waals surface area contributed by atoms with Crippen molar-refractivity contribution < 1.29 is 18.5 Å². The van der Waals surface area contributed by atoms with Gasteiger partial charge in [0.05, 0.1) is 13.2 Å². The minimum Gasteiger partial charge on any atom is -0.468 e. The first-order valence-corrected chi connectivity index (χ1v) is 12.6. The Morgan fingerprint density at radius 3 is 1.97 bits per heavy atom. The summed E-state index contributed by atoms with van der Waals surface area (Å²) in [4.78, 5) is 12.7. The summed E-state index contributed by atoms with van der Waals surface area (Å²) < 4.78 is 39.9. The maximum absolute atomic E-state index is 15.1. The van der Waals surface area contributed by atoms with Gasteiger partial charge in [0.15, 0.2) is 0 Å². The molecular weight excluding hydrogens is 404 g/mol. The molecule has 0 spiro atoms. The molecule has 0 bridgehead atoms. The van der Waals surface area contributed by atoms with Gasteiger partial charge in [-0.2, -0.15) is 0 Å². The molecule has 2 saturated heterocycles. The van der Waals surface area contributed by atoms with Gasteiger partial charge in [-0.05, 0) is 58.2 Å². The second-order valence-corrected chi connectivity index (χ2v) is 11.6. The Bertz CT molecular complexity index is 819. The fourth-order valence-corrected chi connectivity index (χ4v) is 10.0. The van der Waals surface area contributed by atoms with Crippen LogP contribution in [0, 0.1) is 5.82 Å². The van der Waals surface area contributed by atoms with E-state index in [9.17, 15) is 9.18 Å². The van der Waals surface area contributed by atoms with Gasteiger partial charge in [-0.15, -0.1) is 0 Å². The Hall–Kier alpha value is -1.27. The maximum Gasteiger partial charge on any atom is 0.325 e. The van der Waals surface area contributed by atoms with Gasteiger partial charge in [-0.25, -0.2) is 18.4 Å². The Labute approximate surface area is 178 Å². The molecule has 5 atom stereocenters. The van der Waals surface area contributed by atoms with Gasteiger partial charge in [-0.3, -0.25) is 9.36 Å². The first-order valence-electron chi connectivity index (χ1n) is 11.0. The standard InChI is InChI=1S/C22H33FN3O3P/c1-14(2)24-18-8-6-7-9-19(18)25(15(3)4)30(24,28)26-20(21(26)22(27)29-5)16-10-12-17(23)13-11-16/h10-15,18-21H,6-9H2,1-5H3/t18-,19-,20+,21+,26?/m1/s1. The van der Waals surface area contributed by atoms with Gasteiger partial charge in [0.1, 0.15) is 11.9 Å². The monoisotopic (exact) mass is 437 g/mol. The van der Waals surface area contributed by atoms with Crippen molar-refractivity contribution >= 4 is 13.6 Å². The van der Waals surface area contributed by atoms with Crippen LogP contribution in [0.3, 0.4) is 0 Å². The van der Waals surface area contributed by atoms with Crippen molar-refractivity contribution in [2.24, 2.45) is 0 Å². The van der Waals surface area contributed by atoms with E-state index in [4.69, 9.17) is 4.74 Å². The van der Waals surface area contributed by atoms with E-state index in [1.165, 1.54) is 19.2 Å². The lowest BCUT2D eigenvalue weighted by molar-refractivity contribution is -0.140. The second-order valence-electron chi connectivity index (χ2n) is 9.22. The summed E-state index contributed by atoms with van der Waals surface area (Å²) in [5, 5.41) is 0. The zero-order valence-corrected chi connectivity index (χ0v) is 19.4. The molecule has 4 rings (SSSR count). The highest BCUT2D eigenvalue weighted by Gasteiger charge is 2.71. The van der Waals surface area contributed by atoms with Crippen LogP contribution in [-0.4, -0.2) is 57.3 Å². The number of benzene rings is 1. The lowest BCUT2D eigenvalue weighted by atomic mass is 9.89. The summed E-state index contributed by atoms with van der Waals surface area (Å²) >= 11 is 0. The van der Waals surface area contributed by atoms with Crippen LogP contribution < -0.4 is 0 Å². The Balaban J connectivity index is 1.81. The number of hydrogen-bond donors (Lipinski definition) is 0.